The van der Waals surface area contributed by atoms with Gasteiger partial charge >= 0.3 is 0 Å². The van der Waals surface area contributed by atoms with Crippen LogP contribution in [0.2, 0.25) is 0 Å². The van der Waals surface area contributed by atoms with Crippen LogP contribution in [0.5, 0.6) is 0 Å². The number of hydrogen-bond donors (Lipinski definition) is 4. The van der Waals surface area contributed by atoms with Gasteiger partial charge < -0.3 is 26.0 Å². The Hall–Kier alpha value is -3.39. The molecule has 2 unspecified atom stereocenters. The summed E-state index contributed by atoms with van der Waals surface area (Å²) in [7, 11) is 0. The summed E-state index contributed by atoms with van der Waals surface area (Å²) in [6, 6.07) is 13.9. The zero-order chi connectivity index (χ0) is 23.6. The van der Waals surface area contributed by atoms with Crippen LogP contribution in [-0.2, 0) is 9.53 Å². The van der Waals surface area contributed by atoms with E-state index in [1.165, 1.54) is 0 Å². The van der Waals surface area contributed by atoms with E-state index in [1.54, 1.807) is 48.5 Å². The van der Waals surface area contributed by atoms with Crippen molar-refractivity contribution < 1.29 is 19.1 Å². The molecule has 4 N–H and O–H groups in total. The van der Waals surface area contributed by atoms with Crippen molar-refractivity contribution >= 4 is 29.1 Å². The molecule has 0 bridgehead atoms. The standard InChI is InChI=1S/C25H32N4O4/c1-3-17(2)28-25(32)19-6-4-7-21(14-19)26-16-23(30)29-20-11-9-18(10-12-20)24(31)27-15-22-8-5-13-33-22/h4,6-7,9-12,14,17,22,26H,3,5,8,13,15-16H2,1-2H3,(H,27,31)(H,28,32)(H,29,30). The highest BCUT2D eigenvalue weighted by Gasteiger charge is 2.16. The molecule has 0 saturated carbocycles. The fourth-order valence-electron chi connectivity index (χ4n) is 3.39. The Balaban J connectivity index is 1.45. The van der Waals surface area contributed by atoms with Crippen LogP contribution in [-0.4, -0.2) is 49.6 Å². The number of hydrogen-bond acceptors (Lipinski definition) is 5. The molecule has 2 atom stereocenters. The largest absolute Gasteiger partial charge is 0.376 e. The normalized spacial score (nSPS) is 16.0. The van der Waals surface area contributed by atoms with E-state index >= 15 is 0 Å². The molecule has 176 valence electrons. The predicted octanol–water partition coefficient (Wildman–Crippen LogP) is 3.17. The third-order valence-corrected chi connectivity index (χ3v) is 5.51. The second kappa shape index (κ2) is 12.0. The van der Waals surface area contributed by atoms with Crippen LogP contribution >= 0.6 is 0 Å². The summed E-state index contributed by atoms with van der Waals surface area (Å²) in [6.07, 6.45) is 2.94. The molecule has 0 aromatic heterocycles. The highest BCUT2D eigenvalue weighted by atomic mass is 16.5. The summed E-state index contributed by atoms with van der Waals surface area (Å²) in [4.78, 5) is 36.8. The molecule has 8 nitrogen and oxygen atoms in total. The summed E-state index contributed by atoms with van der Waals surface area (Å²) in [5.41, 5.74) is 2.34. The summed E-state index contributed by atoms with van der Waals surface area (Å²) >= 11 is 0. The van der Waals surface area contributed by atoms with Gasteiger partial charge in [0.25, 0.3) is 11.8 Å². The molecular weight excluding hydrogens is 420 g/mol. The first-order valence-corrected chi connectivity index (χ1v) is 11.4. The maximum Gasteiger partial charge on any atom is 0.251 e. The summed E-state index contributed by atoms with van der Waals surface area (Å²) in [6.45, 7) is 5.26. The van der Waals surface area contributed by atoms with Crippen molar-refractivity contribution in [3.05, 3.63) is 59.7 Å². The van der Waals surface area contributed by atoms with Gasteiger partial charge in [0.05, 0.1) is 12.6 Å². The van der Waals surface area contributed by atoms with Gasteiger partial charge in [-0.05, 0) is 68.7 Å². The fourth-order valence-corrected chi connectivity index (χ4v) is 3.39. The van der Waals surface area contributed by atoms with Gasteiger partial charge in [0, 0.05) is 41.7 Å². The average molecular weight is 453 g/mol. The van der Waals surface area contributed by atoms with E-state index in [0.717, 1.165) is 25.9 Å². The van der Waals surface area contributed by atoms with Gasteiger partial charge in [-0.1, -0.05) is 13.0 Å². The van der Waals surface area contributed by atoms with Crippen molar-refractivity contribution in [3.8, 4) is 0 Å². The van der Waals surface area contributed by atoms with Crippen molar-refractivity contribution in [1.82, 2.24) is 10.6 Å². The zero-order valence-electron chi connectivity index (χ0n) is 19.1. The smallest absolute Gasteiger partial charge is 0.251 e. The third-order valence-electron chi connectivity index (χ3n) is 5.51. The maximum absolute atomic E-state index is 12.3. The predicted molar refractivity (Wildman–Crippen MR) is 129 cm³/mol. The quantitative estimate of drug-likeness (QED) is 0.443. The minimum Gasteiger partial charge on any atom is -0.376 e. The molecule has 1 fully saturated rings. The highest BCUT2D eigenvalue weighted by Crippen LogP contribution is 2.13. The number of ether oxygens (including phenoxy) is 1. The Bertz CT molecular complexity index is 955. The lowest BCUT2D eigenvalue weighted by atomic mass is 10.1. The molecule has 1 aliphatic rings. The second-order valence-electron chi connectivity index (χ2n) is 8.19. The number of nitrogens with one attached hydrogen (secondary N) is 4. The van der Waals surface area contributed by atoms with E-state index < -0.39 is 0 Å². The lowest BCUT2D eigenvalue weighted by Crippen LogP contribution is -2.32. The summed E-state index contributed by atoms with van der Waals surface area (Å²) < 4.78 is 5.51. The second-order valence-corrected chi connectivity index (χ2v) is 8.19. The lowest BCUT2D eigenvalue weighted by Gasteiger charge is -2.13. The lowest BCUT2D eigenvalue weighted by molar-refractivity contribution is -0.114. The van der Waals surface area contributed by atoms with Gasteiger partial charge in [-0.3, -0.25) is 14.4 Å². The zero-order valence-corrected chi connectivity index (χ0v) is 19.1. The molecule has 0 radical (unpaired) electrons. The van der Waals surface area contributed by atoms with E-state index in [-0.39, 0.29) is 36.4 Å². The minimum absolute atomic E-state index is 0.0417. The van der Waals surface area contributed by atoms with Gasteiger partial charge in [-0.2, -0.15) is 0 Å². The number of amides is 3. The maximum atomic E-state index is 12.3. The van der Waals surface area contributed by atoms with E-state index in [0.29, 0.717) is 29.0 Å². The molecule has 3 amide bonds. The van der Waals surface area contributed by atoms with Crippen LogP contribution in [0.4, 0.5) is 11.4 Å². The van der Waals surface area contributed by atoms with Crippen LogP contribution in [0.25, 0.3) is 0 Å². The number of anilines is 2. The SMILES string of the molecule is CCC(C)NC(=O)c1cccc(NCC(=O)Nc2ccc(C(=O)NCC3CCCO3)cc2)c1. The van der Waals surface area contributed by atoms with Gasteiger partial charge in [0.2, 0.25) is 5.91 Å². The van der Waals surface area contributed by atoms with Crippen molar-refractivity contribution in [2.45, 2.75) is 45.3 Å². The Morgan fingerprint density at radius 2 is 1.82 bits per heavy atom. The van der Waals surface area contributed by atoms with Gasteiger partial charge in [0.1, 0.15) is 0 Å². The molecule has 1 saturated heterocycles. The fraction of sp³-hybridized carbons (Fsp3) is 0.400. The van der Waals surface area contributed by atoms with Gasteiger partial charge in [0.15, 0.2) is 0 Å². The molecule has 2 aromatic carbocycles. The third kappa shape index (κ3) is 7.61. The molecule has 2 aromatic rings. The number of carbonyl (C=O) groups excluding carboxylic acids is 3. The Morgan fingerprint density at radius 1 is 1.03 bits per heavy atom. The summed E-state index contributed by atoms with van der Waals surface area (Å²) in [5, 5.41) is 11.6. The first kappa shape index (κ1) is 24.3. The Labute approximate surface area is 194 Å². The van der Waals surface area contributed by atoms with E-state index in [1.807, 2.05) is 13.8 Å². The first-order valence-electron chi connectivity index (χ1n) is 11.4. The molecule has 1 aliphatic heterocycles. The number of rotatable bonds is 10. The van der Waals surface area contributed by atoms with Gasteiger partial charge in [-0.15, -0.1) is 0 Å². The Kier molecular flexibility index (Phi) is 8.83. The Morgan fingerprint density at radius 3 is 2.52 bits per heavy atom. The average Bonchev–Trinajstić information content (AvgIpc) is 3.35. The molecule has 3 rings (SSSR count). The van der Waals surface area contributed by atoms with Crippen molar-refractivity contribution in [3.63, 3.8) is 0 Å². The monoisotopic (exact) mass is 452 g/mol. The molecule has 1 heterocycles. The molecule has 0 aliphatic carbocycles. The summed E-state index contributed by atoms with van der Waals surface area (Å²) in [5.74, 6) is -0.542. The van der Waals surface area contributed by atoms with Crippen molar-refractivity contribution in [1.29, 1.82) is 0 Å². The van der Waals surface area contributed by atoms with E-state index in [9.17, 15) is 14.4 Å². The molecule has 33 heavy (non-hydrogen) atoms. The molecule has 8 heteroatoms. The minimum atomic E-state index is -0.236. The van der Waals surface area contributed by atoms with E-state index in [2.05, 4.69) is 21.3 Å². The highest BCUT2D eigenvalue weighted by molar-refractivity contribution is 5.97. The molecule has 0 spiro atoms. The topological polar surface area (TPSA) is 109 Å². The first-order chi connectivity index (χ1) is 15.9. The van der Waals surface area contributed by atoms with Crippen molar-refractivity contribution in [2.75, 3.05) is 30.3 Å². The number of benzene rings is 2. The van der Waals surface area contributed by atoms with Crippen molar-refractivity contribution in [2.24, 2.45) is 0 Å². The van der Waals surface area contributed by atoms with Crippen LogP contribution in [0.1, 0.15) is 53.8 Å². The van der Waals surface area contributed by atoms with Crippen LogP contribution in [0.3, 0.4) is 0 Å². The van der Waals surface area contributed by atoms with E-state index in [4.69, 9.17) is 4.74 Å². The number of carbonyl (C=O) groups is 3. The molecular formula is C25H32N4O4. The van der Waals surface area contributed by atoms with Crippen LogP contribution < -0.4 is 21.3 Å². The van der Waals surface area contributed by atoms with Gasteiger partial charge in [-0.25, -0.2) is 0 Å². The van der Waals surface area contributed by atoms with Crippen LogP contribution in [0, 0.1) is 0 Å². The van der Waals surface area contributed by atoms with Crippen LogP contribution in [0.15, 0.2) is 48.5 Å².